The van der Waals surface area contributed by atoms with E-state index in [1.165, 1.54) is 6.07 Å². The van der Waals surface area contributed by atoms with E-state index in [9.17, 15) is 10.2 Å². The van der Waals surface area contributed by atoms with Crippen LogP contribution in [0.15, 0.2) is 42.5 Å². The molecule has 0 heterocycles. The molecule has 0 radical (unpaired) electrons. The van der Waals surface area contributed by atoms with Crippen LogP contribution in [-0.2, 0) is 0 Å². The zero-order chi connectivity index (χ0) is 10.8. The summed E-state index contributed by atoms with van der Waals surface area (Å²) in [5, 5.41) is 28.1. The summed E-state index contributed by atoms with van der Waals surface area (Å²) in [5.41, 5.74) is 1.27. The number of hydrogen-bond donors (Lipinski definition) is 3. The van der Waals surface area contributed by atoms with E-state index in [1.54, 1.807) is 6.07 Å². The topological polar surface area (TPSA) is 60.7 Å². The van der Waals surface area contributed by atoms with Crippen molar-refractivity contribution in [2.24, 2.45) is 0 Å². The molecule has 2 rings (SSSR count). The van der Waals surface area contributed by atoms with Crippen molar-refractivity contribution < 1.29 is 15.3 Å². The van der Waals surface area contributed by atoms with Gasteiger partial charge in [-0.3, -0.25) is 0 Å². The summed E-state index contributed by atoms with van der Waals surface area (Å²) < 4.78 is 0. The van der Waals surface area contributed by atoms with Crippen LogP contribution >= 0.6 is 0 Å². The van der Waals surface area contributed by atoms with Crippen LogP contribution in [0.5, 0.6) is 17.2 Å². The van der Waals surface area contributed by atoms with Crippen molar-refractivity contribution in [1.82, 2.24) is 0 Å². The number of phenolic OH excluding ortho intramolecular Hbond substituents is 3. The van der Waals surface area contributed by atoms with E-state index >= 15 is 0 Å². The molecule has 0 aliphatic carbocycles. The highest BCUT2D eigenvalue weighted by Crippen LogP contribution is 2.41. The quantitative estimate of drug-likeness (QED) is 0.622. The fourth-order valence-corrected chi connectivity index (χ4v) is 1.42. The zero-order valence-corrected chi connectivity index (χ0v) is 7.88. The van der Waals surface area contributed by atoms with Crippen molar-refractivity contribution in [3.8, 4) is 28.4 Å². The molecule has 3 nitrogen and oxygen atoms in total. The highest BCUT2D eigenvalue weighted by Gasteiger charge is 2.11. The molecule has 2 aromatic carbocycles. The SMILES string of the molecule is Oc1ccc(-c2ccccc2)c(O)c1O. The Morgan fingerprint density at radius 1 is 0.667 bits per heavy atom. The molecular formula is C12H10O3. The minimum absolute atomic E-state index is 0.304. The Hall–Kier alpha value is -2.16. The first-order chi connectivity index (χ1) is 7.20. The van der Waals surface area contributed by atoms with Gasteiger partial charge >= 0.3 is 0 Å². The van der Waals surface area contributed by atoms with Crippen LogP contribution in [0.1, 0.15) is 0 Å². The highest BCUT2D eigenvalue weighted by molar-refractivity contribution is 5.75. The van der Waals surface area contributed by atoms with Crippen LogP contribution in [-0.4, -0.2) is 15.3 Å². The summed E-state index contributed by atoms with van der Waals surface area (Å²) in [5.74, 6) is -1.12. The summed E-state index contributed by atoms with van der Waals surface area (Å²) in [6.45, 7) is 0. The van der Waals surface area contributed by atoms with E-state index in [1.807, 2.05) is 30.3 Å². The molecule has 2 aromatic rings. The fraction of sp³-hybridized carbons (Fsp3) is 0. The van der Waals surface area contributed by atoms with E-state index in [-0.39, 0.29) is 11.5 Å². The molecule has 0 aromatic heterocycles. The summed E-state index contributed by atoms with van der Waals surface area (Å²) in [7, 11) is 0. The van der Waals surface area contributed by atoms with Crippen LogP contribution in [0.2, 0.25) is 0 Å². The Bertz CT molecular complexity index is 478. The largest absolute Gasteiger partial charge is 0.504 e. The van der Waals surface area contributed by atoms with Crippen molar-refractivity contribution in [3.63, 3.8) is 0 Å². The molecule has 0 bridgehead atoms. The third kappa shape index (κ3) is 1.59. The van der Waals surface area contributed by atoms with Crippen LogP contribution in [0.4, 0.5) is 0 Å². The summed E-state index contributed by atoms with van der Waals surface area (Å²) in [6, 6.07) is 12.0. The summed E-state index contributed by atoms with van der Waals surface area (Å²) >= 11 is 0. The average molecular weight is 202 g/mol. The third-order valence-electron chi connectivity index (χ3n) is 2.21. The second-order valence-corrected chi connectivity index (χ2v) is 3.20. The monoisotopic (exact) mass is 202 g/mol. The second kappa shape index (κ2) is 3.53. The molecule has 76 valence electrons. The summed E-state index contributed by atoms with van der Waals surface area (Å²) in [6.07, 6.45) is 0. The van der Waals surface area contributed by atoms with Gasteiger partial charge in [0.1, 0.15) is 0 Å². The van der Waals surface area contributed by atoms with Gasteiger partial charge in [-0.25, -0.2) is 0 Å². The number of rotatable bonds is 1. The molecule has 0 saturated carbocycles. The van der Waals surface area contributed by atoms with E-state index in [4.69, 9.17) is 5.11 Å². The lowest BCUT2D eigenvalue weighted by Gasteiger charge is -2.07. The Labute approximate surface area is 86.9 Å². The lowest BCUT2D eigenvalue weighted by Crippen LogP contribution is -1.79. The van der Waals surface area contributed by atoms with Gasteiger partial charge < -0.3 is 15.3 Å². The van der Waals surface area contributed by atoms with Crippen LogP contribution in [0, 0.1) is 0 Å². The number of phenols is 3. The maximum atomic E-state index is 9.62. The van der Waals surface area contributed by atoms with Gasteiger partial charge in [-0.05, 0) is 17.7 Å². The average Bonchev–Trinajstić information content (AvgIpc) is 2.27. The molecule has 0 saturated heterocycles. The van der Waals surface area contributed by atoms with E-state index in [2.05, 4.69) is 0 Å². The minimum atomic E-state index is -0.489. The minimum Gasteiger partial charge on any atom is -0.504 e. The number of aromatic hydroxyl groups is 3. The molecule has 3 heteroatoms. The predicted molar refractivity (Wildman–Crippen MR) is 56.9 cm³/mol. The Balaban J connectivity index is 2.60. The molecule has 0 aliphatic heterocycles. The molecule has 0 unspecified atom stereocenters. The van der Waals surface area contributed by atoms with Crippen LogP contribution < -0.4 is 0 Å². The second-order valence-electron chi connectivity index (χ2n) is 3.20. The van der Waals surface area contributed by atoms with Gasteiger partial charge in [0.25, 0.3) is 0 Å². The van der Waals surface area contributed by atoms with Crippen LogP contribution in [0.3, 0.4) is 0 Å². The van der Waals surface area contributed by atoms with Gasteiger partial charge in [-0.1, -0.05) is 30.3 Å². The van der Waals surface area contributed by atoms with Crippen molar-refractivity contribution in [2.75, 3.05) is 0 Å². The van der Waals surface area contributed by atoms with E-state index < -0.39 is 5.75 Å². The molecule has 0 aliphatic rings. The van der Waals surface area contributed by atoms with Crippen molar-refractivity contribution >= 4 is 0 Å². The van der Waals surface area contributed by atoms with Gasteiger partial charge in [0.05, 0.1) is 0 Å². The molecule has 3 N–H and O–H groups in total. The Kier molecular flexibility index (Phi) is 2.21. The lowest BCUT2D eigenvalue weighted by molar-refractivity contribution is 0.369. The lowest BCUT2D eigenvalue weighted by atomic mass is 10.0. The summed E-state index contributed by atoms with van der Waals surface area (Å²) in [4.78, 5) is 0. The van der Waals surface area contributed by atoms with Gasteiger partial charge in [0, 0.05) is 5.56 Å². The first-order valence-electron chi connectivity index (χ1n) is 4.49. The molecule has 0 atom stereocenters. The fourth-order valence-electron chi connectivity index (χ4n) is 1.42. The van der Waals surface area contributed by atoms with Crippen molar-refractivity contribution in [3.05, 3.63) is 42.5 Å². The van der Waals surface area contributed by atoms with Gasteiger partial charge in [-0.15, -0.1) is 0 Å². The molecule has 0 amide bonds. The Morgan fingerprint density at radius 3 is 2.00 bits per heavy atom. The standard InChI is InChI=1S/C12H10O3/c13-10-7-6-9(11(14)12(10)15)8-4-2-1-3-5-8/h1-7,13-15H. The number of benzene rings is 2. The van der Waals surface area contributed by atoms with Gasteiger partial charge in [0.15, 0.2) is 11.5 Å². The molecule has 15 heavy (non-hydrogen) atoms. The van der Waals surface area contributed by atoms with Crippen LogP contribution in [0.25, 0.3) is 11.1 Å². The van der Waals surface area contributed by atoms with E-state index in [0.717, 1.165) is 5.56 Å². The smallest absolute Gasteiger partial charge is 0.200 e. The van der Waals surface area contributed by atoms with Gasteiger partial charge in [0.2, 0.25) is 5.75 Å². The number of hydrogen-bond acceptors (Lipinski definition) is 3. The first kappa shape index (κ1) is 9.40. The highest BCUT2D eigenvalue weighted by atomic mass is 16.3. The van der Waals surface area contributed by atoms with Crippen molar-refractivity contribution in [2.45, 2.75) is 0 Å². The van der Waals surface area contributed by atoms with Gasteiger partial charge in [-0.2, -0.15) is 0 Å². The van der Waals surface area contributed by atoms with E-state index in [0.29, 0.717) is 5.56 Å². The molecule has 0 spiro atoms. The van der Waals surface area contributed by atoms with Crippen molar-refractivity contribution in [1.29, 1.82) is 0 Å². The maximum absolute atomic E-state index is 9.62. The molecular weight excluding hydrogens is 192 g/mol. The predicted octanol–water partition coefficient (Wildman–Crippen LogP) is 2.47. The molecule has 0 fully saturated rings. The normalized spacial score (nSPS) is 10.1. The zero-order valence-electron chi connectivity index (χ0n) is 7.88. The Morgan fingerprint density at radius 2 is 1.33 bits per heavy atom. The first-order valence-corrected chi connectivity index (χ1v) is 4.49. The maximum Gasteiger partial charge on any atom is 0.200 e. The third-order valence-corrected chi connectivity index (χ3v) is 2.21.